The van der Waals surface area contributed by atoms with Crippen molar-refractivity contribution in [2.24, 2.45) is 20.0 Å². The minimum absolute atomic E-state index is 0.320. The van der Waals surface area contributed by atoms with E-state index < -0.39 is 0 Å². The zero-order valence-electron chi connectivity index (χ0n) is 16.7. The molecule has 0 aromatic heterocycles. The number of benzene rings is 1. The van der Waals surface area contributed by atoms with Gasteiger partial charge in [0.2, 0.25) is 24.3 Å². The minimum Gasteiger partial charge on any atom is -0.211 e. The third-order valence-electron chi connectivity index (χ3n) is 4.46. The molecule has 0 atom stereocenters. The first-order valence-electron chi connectivity index (χ1n) is 8.68. The molecular formula is C20H24N4O4. The maximum atomic E-state index is 10.2. The van der Waals surface area contributed by atoms with E-state index in [0.717, 1.165) is 46.2 Å². The molecule has 1 rings (SSSR count). The van der Waals surface area contributed by atoms with Gasteiger partial charge < -0.3 is 0 Å². The zero-order valence-corrected chi connectivity index (χ0v) is 16.7. The molecular weight excluding hydrogens is 360 g/mol. The number of aliphatic imine (C=N–C) groups is 4. The van der Waals surface area contributed by atoms with Crippen molar-refractivity contribution in [3.8, 4) is 0 Å². The van der Waals surface area contributed by atoms with Crippen LogP contribution in [0, 0.1) is 27.7 Å². The quantitative estimate of drug-likeness (QED) is 0.369. The van der Waals surface area contributed by atoms with Crippen molar-refractivity contribution in [2.45, 2.75) is 53.6 Å². The van der Waals surface area contributed by atoms with Crippen LogP contribution in [0.15, 0.2) is 20.0 Å². The zero-order chi connectivity index (χ0) is 21.4. The molecule has 0 aliphatic heterocycles. The smallest absolute Gasteiger partial charge is 0.211 e. The molecule has 0 spiro atoms. The maximum absolute atomic E-state index is 10.2. The molecule has 0 aliphatic carbocycles. The summed E-state index contributed by atoms with van der Waals surface area (Å²) in [6.45, 7) is 9.59. The average Bonchev–Trinajstić information content (AvgIpc) is 2.69. The monoisotopic (exact) mass is 384 g/mol. The van der Waals surface area contributed by atoms with Crippen molar-refractivity contribution >= 4 is 24.3 Å². The number of isocyanates is 4. The Morgan fingerprint density at radius 3 is 1.21 bits per heavy atom. The van der Waals surface area contributed by atoms with Gasteiger partial charge >= 0.3 is 0 Å². The van der Waals surface area contributed by atoms with E-state index in [0.29, 0.717) is 26.2 Å². The second-order valence-electron chi connectivity index (χ2n) is 5.93. The number of unbranched alkanes of at least 4 members (excludes halogenated alkanes) is 1. The van der Waals surface area contributed by atoms with Crippen LogP contribution in [-0.4, -0.2) is 37.4 Å². The summed E-state index contributed by atoms with van der Waals surface area (Å²) in [7, 11) is 0. The summed E-state index contributed by atoms with van der Waals surface area (Å²) in [5.74, 6) is 0. The lowest BCUT2D eigenvalue weighted by molar-refractivity contribution is 0.559. The molecule has 0 saturated carbocycles. The highest BCUT2D eigenvalue weighted by molar-refractivity contribution is 5.51. The molecule has 0 bridgehead atoms. The largest absolute Gasteiger partial charge is 0.235 e. The van der Waals surface area contributed by atoms with Gasteiger partial charge in [-0.05, 0) is 73.9 Å². The Morgan fingerprint density at radius 1 is 0.536 bits per heavy atom. The average molecular weight is 384 g/mol. The Morgan fingerprint density at radius 2 is 0.893 bits per heavy atom. The van der Waals surface area contributed by atoms with Crippen LogP contribution in [0.2, 0.25) is 0 Å². The van der Waals surface area contributed by atoms with E-state index in [1.54, 1.807) is 12.2 Å². The number of hydrogen-bond acceptors (Lipinski definition) is 8. The second-order valence-corrected chi connectivity index (χ2v) is 5.93. The molecule has 8 heteroatoms. The van der Waals surface area contributed by atoms with Gasteiger partial charge in [0.05, 0.1) is 26.2 Å². The fourth-order valence-electron chi connectivity index (χ4n) is 2.65. The van der Waals surface area contributed by atoms with Crippen LogP contribution < -0.4 is 0 Å². The summed E-state index contributed by atoms with van der Waals surface area (Å²) in [4.78, 5) is 53.5. The van der Waals surface area contributed by atoms with Crippen LogP contribution >= 0.6 is 0 Å². The number of hydrogen-bond donors (Lipinski definition) is 0. The van der Waals surface area contributed by atoms with Gasteiger partial charge in [-0.3, -0.25) is 0 Å². The summed E-state index contributed by atoms with van der Waals surface area (Å²) in [5, 5.41) is 0. The summed E-state index contributed by atoms with van der Waals surface area (Å²) in [5.41, 5.74) is 6.46. The minimum atomic E-state index is 0.320. The highest BCUT2D eigenvalue weighted by Gasteiger charge is 2.14. The lowest BCUT2D eigenvalue weighted by Crippen LogP contribution is -2.04. The predicted octanol–water partition coefficient (Wildman–Crippen LogP) is 3.03. The SMILES string of the molecule is Cc1c(C)c(CN=C=O)c(C)c(CN=C=O)c1C.O=C=NCCCCN=C=O. The summed E-state index contributed by atoms with van der Waals surface area (Å²) >= 11 is 0. The molecule has 0 fully saturated rings. The predicted molar refractivity (Wildman–Crippen MR) is 104 cm³/mol. The van der Waals surface area contributed by atoms with E-state index in [1.807, 2.05) is 27.7 Å². The van der Waals surface area contributed by atoms with Crippen molar-refractivity contribution < 1.29 is 19.2 Å². The van der Waals surface area contributed by atoms with Gasteiger partial charge in [0.15, 0.2) is 0 Å². The summed E-state index contributed by atoms with van der Waals surface area (Å²) in [6, 6.07) is 0. The molecule has 8 nitrogen and oxygen atoms in total. The number of carbonyl (C=O) groups excluding carboxylic acids is 4. The Balaban J connectivity index is 0.000000621. The van der Waals surface area contributed by atoms with Crippen molar-refractivity contribution in [1.29, 1.82) is 0 Å². The Bertz CT molecular complexity index is 786. The second kappa shape index (κ2) is 14.9. The molecule has 0 heterocycles. The molecule has 1 aromatic rings. The molecule has 148 valence electrons. The molecule has 0 unspecified atom stereocenters. The van der Waals surface area contributed by atoms with Gasteiger partial charge in [-0.15, -0.1) is 0 Å². The van der Waals surface area contributed by atoms with Gasteiger partial charge in [0.25, 0.3) is 0 Å². The Labute approximate surface area is 164 Å². The van der Waals surface area contributed by atoms with E-state index in [-0.39, 0.29) is 0 Å². The molecule has 1 aromatic carbocycles. The lowest BCUT2D eigenvalue weighted by Gasteiger charge is -2.18. The standard InChI is InChI=1S/C14H16N2O2.C6H8N2O2/c1-9-10(2)13(5-15-7-17)12(4)14(11(9)3)6-16-8-18;9-5-7-3-1-2-4-8-6-10/h5-6H2,1-4H3;1-4H2. The Kier molecular flexibility index (Phi) is 13.1. The van der Waals surface area contributed by atoms with Crippen LogP contribution in [-0.2, 0) is 32.3 Å². The van der Waals surface area contributed by atoms with Crippen LogP contribution in [0.1, 0.15) is 46.2 Å². The van der Waals surface area contributed by atoms with Gasteiger partial charge in [-0.2, -0.15) is 0 Å². The van der Waals surface area contributed by atoms with Crippen LogP contribution in [0.4, 0.5) is 0 Å². The topological polar surface area (TPSA) is 118 Å². The van der Waals surface area contributed by atoms with Gasteiger partial charge in [-0.1, -0.05) is 0 Å². The first-order valence-corrected chi connectivity index (χ1v) is 8.68. The fraction of sp³-hybridized carbons (Fsp3) is 0.500. The third-order valence-corrected chi connectivity index (χ3v) is 4.46. The van der Waals surface area contributed by atoms with Crippen LogP contribution in [0.25, 0.3) is 0 Å². The van der Waals surface area contributed by atoms with E-state index in [2.05, 4.69) is 20.0 Å². The molecule has 28 heavy (non-hydrogen) atoms. The fourth-order valence-corrected chi connectivity index (χ4v) is 2.65. The maximum Gasteiger partial charge on any atom is 0.235 e. The van der Waals surface area contributed by atoms with Crippen LogP contribution in [0.3, 0.4) is 0 Å². The van der Waals surface area contributed by atoms with Crippen LogP contribution in [0.5, 0.6) is 0 Å². The first-order chi connectivity index (χ1) is 13.5. The highest BCUT2D eigenvalue weighted by atomic mass is 16.1. The molecule has 0 amide bonds. The van der Waals surface area contributed by atoms with Crippen molar-refractivity contribution in [2.75, 3.05) is 13.1 Å². The number of nitrogens with zero attached hydrogens (tertiary/aromatic N) is 4. The van der Waals surface area contributed by atoms with Gasteiger partial charge in [0, 0.05) is 0 Å². The molecule has 0 radical (unpaired) electrons. The van der Waals surface area contributed by atoms with Gasteiger partial charge in [0.1, 0.15) is 0 Å². The molecule has 0 saturated heterocycles. The molecule has 0 N–H and O–H groups in total. The Hall–Kier alpha value is -3.26. The summed E-state index contributed by atoms with van der Waals surface area (Å²) < 4.78 is 0. The third kappa shape index (κ3) is 8.41. The van der Waals surface area contributed by atoms with Gasteiger partial charge in [-0.25, -0.2) is 39.1 Å². The van der Waals surface area contributed by atoms with E-state index in [4.69, 9.17) is 0 Å². The van der Waals surface area contributed by atoms with Crippen molar-refractivity contribution in [1.82, 2.24) is 0 Å². The lowest BCUT2D eigenvalue weighted by atomic mass is 9.89. The van der Waals surface area contributed by atoms with Crippen molar-refractivity contribution in [3.63, 3.8) is 0 Å². The summed E-state index contributed by atoms with van der Waals surface area (Å²) in [6.07, 6.45) is 7.49. The van der Waals surface area contributed by atoms with E-state index in [9.17, 15) is 19.2 Å². The van der Waals surface area contributed by atoms with Crippen molar-refractivity contribution in [3.05, 3.63) is 33.4 Å². The molecule has 0 aliphatic rings. The van der Waals surface area contributed by atoms with E-state index in [1.165, 1.54) is 12.2 Å². The normalized spacial score (nSPS) is 8.86. The van der Waals surface area contributed by atoms with E-state index >= 15 is 0 Å². The highest BCUT2D eigenvalue weighted by Crippen LogP contribution is 2.27. The first kappa shape index (κ1) is 24.7. The number of rotatable bonds is 9.